The first kappa shape index (κ1) is 15.3. The highest BCUT2D eigenvalue weighted by molar-refractivity contribution is 7.16. The lowest BCUT2D eigenvalue weighted by molar-refractivity contribution is 0.0668. The average molecular weight is 303 g/mol. The van der Waals surface area contributed by atoms with E-state index in [0.29, 0.717) is 6.04 Å². The summed E-state index contributed by atoms with van der Waals surface area (Å²) in [5.74, 6) is 0. The van der Waals surface area contributed by atoms with Gasteiger partial charge in [-0.2, -0.15) is 0 Å². The van der Waals surface area contributed by atoms with Crippen LogP contribution < -0.4 is 5.73 Å². The maximum atomic E-state index is 9.25. The summed E-state index contributed by atoms with van der Waals surface area (Å²) < 4.78 is 0.816. The van der Waals surface area contributed by atoms with Crippen LogP contribution in [0.25, 0.3) is 0 Å². The van der Waals surface area contributed by atoms with Gasteiger partial charge in [-0.15, -0.1) is 11.3 Å². The Balaban J connectivity index is 2.21. The van der Waals surface area contributed by atoms with Crippen LogP contribution in [0.1, 0.15) is 43.5 Å². The SMILES string of the molecule is CC(N)C(c1ccc(Cl)s1)N1CCCCC1CCO. The number of hydrogen-bond donors (Lipinski definition) is 2. The van der Waals surface area contributed by atoms with Crippen molar-refractivity contribution in [3.05, 3.63) is 21.3 Å². The minimum absolute atomic E-state index is 0.0639. The van der Waals surface area contributed by atoms with E-state index in [9.17, 15) is 5.11 Å². The van der Waals surface area contributed by atoms with Gasteiger partial charge in [0.2, 0.25) is 0 Å². The summed E-state index contributed by atoms with van der Waals surface area (Å²) in [5.41, 5.74) is 6.23. The standard InChI is InChI=1S/C14H23ClN2OS/c1-10(16)14(12-5-6-13(15)19-12)17-8-3-2-4-11(17)7-9-18/h5-6,10-11,14,18H,2-4,7-9,16H2,1H3. The Labute approximate surface area is 124 Å². The Morgan fingerprint density at radius 2 is 2.32 bits per heavy atom. The maximum absolute atomic E-state index is 9.25. The number of hydrogen-bond acceptors (Lipinski definition) is 4. The molecule has 2 heterocycles. The smallest absolute Gasteiger partial charge is 0.0931 e. The Hall–Kier alpha value is -0.130. The highest BCUT2D eigenvalue weighted by Crippen LogP contribution is 2.36. The van der Waals surface area contributed by atoms with E-state index in [-0.39, 0.29) is 18.7 Å². The van der Waals surface area contributed by atoms with Crippen molar-refractivity contribution in [3.8, 4) is 0 Å². The molecule has 1 fully saturated rings. The van der Waals surface area contributed by atoms with Gasteiger partial charge < -0.3 is 10.8 Å². The minimum atomic E-state index is 0.0639. The van der Waals surface area contributed by atoms with Gasteiger partial charge in [0, 0.05) is 23.6 Å². The fourth-order valence-electron chi connectivity index (χ4n) is 3.06. The second-order valence-corrected chi connectivity index (χ2v) is 7.09. The van der Waals surface area contributed by atoms with Crippen LogP contribution in [0.2, 0.25) is 4.34 Å². The van der Waals surface area contributed by atoms with Crippen molar-refractivity contribution in [1.82, 2.24) is 4.90 Å². The predicted molar refractivity (Wildman–Crippen MR) is 81.8 cm³/mol. The van der Waals surface area contributed by atoms with Gasteiger partial charge >= 0.3 is 0 Å². The van der Waals surface area contributed by atoms with Crippen molar-refractivity contribution >= 4 is 22.9 Å². The third kappa shape index (κ3) is 3.70. The molecule has 0 spiro atoms. The zero-order chi connectivity index (χ0) is 13.8. The fourth-order valence-corrected chi connectivity index (χ4v) is 4.36. The van der Waals surface area contributed by atoms with Crippen molar-refractivity contribution < 1.29 is 5.11 Å². The second kappa shape index (κ2) is 7.04. The molecule has 0 aliphatic carbocycles. The Morgan fingerprint density at radius 1 is 1.53 bits per heavy atom. The molecule has 0 radical (unpaired) electrons. The molecule has 5 heteroatoms. The summed E-state index contributed by atoms with van der Waals surface area (Å²) in [6.45, 7) is 3.37. The van der Waals surface area contributed by atoms with E-state index < -0.39 is 0 Å². The lowest BCUT2D eigenvalue weighted by Crippen LogP contribution is -2.47. The van der Waals surface area contributed by atoms with Gasteiger partial charge in [0.25, 0.3) is 0 Å². The Morgan fingerprint density at radius 3 is 2.89 bits per heavy atom. The predicted octanol–water partition coefficient (Wildman–Crippen LogP) is 3.03. The number of rotatable bonds is 5. The molecule has 3 atom stereocenters. The summed E-state index contributed by atoms with van der Waals surface area (Å²) in [4.78, 5) is 3.72. The molecule has 3 unspecified atom stereocenters. The van der Waals surface area contributed by atoms with Crippen LogP contribution >= 0.6 is 22.9 Å². The molecule has 3 N–H and O–H groups in total. The topological polar surface area (TPSA) is 49.5 Å². The third-order valence-electron chi connectivity index (χ3n) is 3.88. The molecular weight excluding hydrogens is 280 g/mol. The molecule has 0 aromatic carbocycles. The number of nitrogens with zero attached hydrogens (tertiary/aromatic N) is 1. The number of nitrogens with two attached hydrogens (primary N) is 1. The molecule has 108 valence electrons. The van der Waals surface area contributed by atoms with E-state index in [1.54, 1.807) is 11.3 Å². The van der Waals surface area contributed by atoms with E-state index in [2.05, 4.69) is 17.9 Å². The van der Waals surface area contributed by atoms with E-state index in [0.717, 1.165) is 23.7 Å². The van der Waals surface area contributed by atoms with E-state index in [1.807, 2.05) is 6.07 Å². The number of thiophene rings is 1. The number of aliphatic hydroxyl groups is 1. The van der Waals surface area contributed by atoms with Crippen LogP contribution in [-0.4, -0.2) is 35.2 Å². The van der Waals surface area contributed by atoms with Gasteiger partial charge in [0.05, 0.1) is 10.4 Å². The van der Waals surface area contributed by atoms with E-state index in [4.69, 9.17) is 17.3 Å². The van der Waals surface area contributed by atoms with Gasteiger partial charge in [-0.05, 0) is 44.9 Å². The molecule has 3 nitrogen and oxygen atoms in total. The molecular formula is C14H23ClN2OS. The molecule has 2 rings (SSSR count). The van der Waals surface area contributed by atoms with Crippen molar-refractivity contribution in [1.29, 1.82) is 0 Å². The van der Waals surface area contributed by atoms with Crippen LogP contribution in [0.4, 0.5) is 0 Å². The molecule has 19 heavy (non-hydrogen) atoms. The molecule has 1 aliphatic heterocycles. The number of aliphatic hydroxyl groups excluding tert-OH is 1. The van der Waals surface area contributed by atoms with Crippen molar-refractivity contribution in [2.75, 3.05) is 13.2 Å². The first-order valence-corrected chi connectivity index (χ1v) is 8.20. The van der Waals surface area contributed by atoms with E-state index >= 15 is 0 Å². The average Bonchev–Trinajstić information content (AvgIpc) is 2.78. The fraction of sp³-hybridized carbons (Fsp3) is 0.714. The molecule has 0 amide bonds. The largest absolute Gasteiger partial charge is 0.396 e. The van der Waals surface area contributed by atoms with Gasteiger partial charge in [0.1, 0.15) is 0 Å². The number of likely N-dealkylation sites (tertiary alicyclic amines) is 1. The van der Waals surface area contributed by atoms with Crippen LogP contribution in [0.3, 0.4) is 0 Å². The molecule has 1 saturated heterocycles. The maximum Gasteiger partial charge on any atom is 0.0931 e. The minimum Gasteiger partial charge on any atom is -0.396 e. The summed E-state index contributed by atoms with van der Waals surface area (Å²) in [7, 11) is 0. The van der Waals surface area contributed by atoms with Crippen LogP contribution in [0, 0.1) is 0 Å². The van der Waals surface area contributed by atoms with Crippen LogP contribution in [-0.2, 0) is 0 Å². The lowest BCUT2D eigenvalue weighted by atomic mass is 9.94. The van der Waals surface area contributed by atoms with Crippen molar-refractivity contribution in [3.63, 3.8) is 0 Å². The van der Waals surface area contributed by atoms with Crippen LogP contribution in [0.5, 0.6) is 0 Å². The normalized spacial score (nSPS) is 24.3. The number of halogens is 1. The van der Waals surface area contributed by atoms with Crippen LogP contribution in [0.15, 0.2) is 12.1 Å². The molecule has 1 aromatic rings. The second-order valence-electron chi connectivity index (χ2n) is 5.35. The number of piperidine rings is 1. The molecule has 0 bridgehead atoms. The van der Waals surface area contributed by atoms with Crippen molar-refractivity contribution in [2.45, 2.75) is 50.7 Å². The summed E-state index contributed by atoms with van der Waals surface area (Å²) >= 11 is 7.68. The highest BCUT2D eigenvalue weighted by atomic mass is 35.5. The van der Waals surface area contributed by atoms with Gasteiger partial charge in [-0.25, -0.2) is 0 Å². The van der Waals surface area contributed by atoms with Gasteiger partial charge in [-0.1, -0.05) is 18.0 Å². The molecule has 0 saturated carbocycles. The quantitative estimate of drug-likeness (QED) is 0.879. The first-order valence-electron chi connectivity index (χ1n) is 7.01. The first-order chi connectivity index (χ1) is 9.13. The zero-order valence-corrected chi connectivity index (χ0v) is 13.0. The molecule has 1 aromatic heterocycles. The van der Waals surface area contributed by atoms with E-state index in [1.165, 1.54) is 17.7 Å². The Bertz CT molecular complexity index is 395. The van der Waals surface area contributed by atoms with Gasteiger partial charge in [0.15, 0.2) is 0 Å². The summed E-state index contributed by atoms with van der Waals surface area (Å²) in [5, 5.41) is 9.25. The van der Waals surface area contributed by atoms with Gasteiger partial charge in [-0.3, -0.25) is 4.90 Å². The van der Waals surface area contributed by atoms with Crippen molar-refractivity contribution in [2.24, 2.45) is 5.73 Å². The zero-order valence-electron chi connectivity index (χ0n) is 11.4. The Kier molecular flexibility index (Phi) is 5.66. The summed E-state index contributed by atoms with van der Waals surface area (Å²) in [6, 6.07) is 4.76. The lowest BCUT2D eigenvalue weighted by Gasteiger charge is -2.42. The molecule has 1 aliphatic rings. The highest BCUT2D eigenvalue weighted by Gasteiger charge is 2.32. The third-order valence-corrected chi connectivity index (χ3v) is 5.18. The summed E-state index contributed by atoms with van der Waals surface area (Å²) in [6.07, 6.45) is 4.45. The monoisotopic (exact) mass is 302 g/mol.